The summed E-state index contributed by atoms with van der Waals surface area (Å²) in [5, 5.41) is 0. The molecule has 0 rings (SSSR count). The Hall–Kier alpha value is -0.650. The van der Waals surface area contributed by atoms with Gasteiger partial charge in [-0.05, 0) is 19.8 Å². The van der Waals surface area contributed by atoms with Gasteiger partial charge >= 0.3 is 6.18 Å². The van der Waals surface area contributed by atoms with Gasteiger partial charge in [-0.3, -0.25) is 0 Å². The molecule has 0 aliphatic carbocycles. The second kappa shape index (κ2) is 5.90. The van der Waals surface area contributed by atoms with Crippen LogP contribution < -0.4 is 0 Å². The zero-order chi connectivity index (χ0) is 10.3. The highest BCUT2D eigenvalue weighted by molar-refractivity contribution is 4.95. The zero-order valence-electron chi connectivity index (χ0n) is 8.04. The average Bonchev–Trinajstić information content (AvgIpc) is 2.01. The lowest BCUT2D eigenvalue weighted by Gasteiger charge is -2.18. The fourth-order valence-corrected chi connectivity index (χ4v) is 1.19. The fourth-order valence-electron chi connectivity index (χ4n) is 1.19. The third-order valence-corrected chi connectivity index (χ3v) is 1.89. The molecule has 0 bridgehead atoms. The predicted octanol–water partition coefficient (Wildman–Crippen LogP) is 3.77. The Bertz CT molecular complexity index is 183. The lowest BCUT2D eigenvalue weighted by Crippen LogP contribution is -2.22. The van der Waals surface area contributed by atoms with Gasteiger partial charge in [0.1, 0.15) is 0 Å². The van der Waals surface area contributed by atoms with E-state index in [1.54, 1.807) is 13.8 Å². The summed E-state index contributed by atoms with van der Waals surface area (Å²) < 4.78 is 36.9. The maximum absolute atomic E-state index is 12.3. The van der Waals surface area contributed by atoms with Gasteiger partial charge in [0.05, 0.1) is 5.92 Å². The zero-order valence-corrected chi connectivity index (χ0v) is 8.04. The molecule has 0 saturated heterocycles. The van der Waals surface area contributed by atoms with Gasteiger partial charge in [-0.25, -0.2) is 0 Å². The van der Waals surface area contributed by atoms with Crippen LogP contribution in [0, 0.1) is 17.8 Å². The summed E-state index contributed by atoms with van der Waals surface area (Å²) in [5.41, 5.74) is 0. The number of hydrogen-bond acceptors (Lipinski definition) is 0. The van der Waals surface area contributed by atoms with E-state index in [-0.39, 0.29) is 12.8 Å². The minimum Gasteiger partial charge on any atom is -0.171 e. The molecule has 0 N–H and O–H groups in total. The normalized spacial score (nSPS) is 13.3. The second-order valence-corrected chi connectivity index (χ2v) is 2.99. The van der Waals surface area contributed by atoms with Gasteiger partial charge < -0.3 is 0 Å². The first kappa shape index (κ1) is 12.3. The van der Waals surface area contributed by atoms with Gasteiger partial charge in [0, 0.05) is 6.42 Å². The Morgan fingerprint density at radius 2 is 1.85 bits per heavy atom. The highest BCUT2D eigenvalue weighted by Gasteiger charge is 2.37. The van der Waals surface area contributed by atoms with E-state index in [9.17, 15) is 13.2 Å². The van der Waals surface area contributed by atoms with Crippen LogP contribution >= 0.6 is 0 Å². The van der Waals surface area contributed by atoms with Crippen LogP contribution in [0.1, 0.15) is 39.5 Å². The molecule has 0 nitrogen and oxygen atoms in total. The quantitative estimate of drug-likeness (QED) is 0.595. The van der Waals surface area contributed by atoms with Crippen LogP contribution in [0.3, 0.4) is 0 Å². The van der Waals surface area contributed by atoms with Crippen LogP contribution in [0.4, 0.5) is 13.2 Å². The number of hydrogen-bond donors (Lipinski definition) is 0. The van der Waals surface area contributed by atoms with Crippen molar-refractivity contribution < 1.29 is 13.2 Å². The third-order valence-electron chi connectivity index (χ3n) is 1.89. The van der Waals surface area contributed by atoms with Gasteiger partial charge in [-0.1, -0.05) is 13.3 Å². The third kappa shape index (κ3) is 5.57. The van der Waals surface area contributed by atoms with Crippen LogP contribution in [-0.4, -0.2) is 6.18 Å². The summed E-state index contributed by atoms with van der Waals surface area (Å²) in [7, 11) is 0. The van der Waals surface area contributed by atoms with Crippen molar-refractivity contribution in [1.29, 1.82) is 0 Å². The van der Waals surface area contributed by atoms with Crippen LogP contribution in [0.15, 0.2) is 0 Å². The summed E-state index contributed by atoms with van der Waals surface area (Å²) in [6.07, 6.45) is -2.77. The summed E-state index contributed by atoms with van der Waals surface area (Å²) in [5.74, 6) is 4.09. The van der Waals surface area contributed by atoms with Crippen molar-refractivity contribution >= 4 is 0 Å². The van der Waals surface area contributed by atoms with E-state index in [1.807, 2.05) is 0 Å². The van der Waals surface area contributed by atoms with E-state index in [1.165, 1.54) is 0 Å². The minimum absolute atomic E-state index is 0.137. The van der Waals surface area contributed by atoms with Gasteiger partial charge in [-0.15, -0.1) is 11.8 Å². The maximum atomic E-state index is 12.3. The molecule has 3 heteroatoms. The smallest absolute Gasteiger partial charge is 0.171 e. The topological polar surface area (TPSA) is 0 Å². The van der Waals surface area contributed by atoms with Crippen molar-refractivity contribution in [3.8, 4) is 11.8 Å². The fraction of sp³-hybridized carbons (Fsp3) is 0.800. The van der Waals surface area contributed by atoms with Crippen LogP contribution in [0.25, 0.3) is 0 Å². The van der Waals surface area contributed by atoms with Crippen molar-refractivity contribution in [3.05, 3.63) is 0 Å². The molecule has 0 spiro atoms. The minimum atomic E-state index is -4.05. The van der Waals surface area contributed by atoms with Gasteiger partial charge in [0.2, 0.25) is 0 Å². The summed E-state index contributed by atoms with van der Waals surface area (Å²) in [6, 6.07) is 0. The summed E-state index contributed by atoms with van der Waals surface area (Å²) >= 11 is 0. The average molecular weight is 192 g/mol. The molecule has 0 aliphatic rings. The molecule has 0 heterocycles. The Kier molecular flexibility index (Phi) is 5.61. The molecule has 13 heavy (non-hydrogen) atoms. The molecule has 0 aromatic rings. The molecule has 0 saturated carbocycles. The Labute approximate surface area is 77.5 Å². The molecule has 76 valence electrons. The first-order valence-corrected chi connectivity index (χ1v) is 4.48. The van der Waals surface area contributed by atoms with E-state index in [0.717, 1.165) is 0 Å². The first-order chi connectivity index (χ1) is 6.02. The Balaban J connectivity index is 4.00. The monoisotopic (exact) mass is 192 g/mol. The first-order valence-electron chi connectivity index (χ1n) is 4.48. The molecule has 0 aromatic heterocycles. The van der Waals surface area contributed by atoms with Crippen molar-refractivity contribution in [2.75, 3.05) is 0 Å². The molecular formula is C10H15F3. The van der Waals surface area contributed by atoms with E-state index < -0.39 is 12.1 Å². The number of alkyl halides is 3. The molecule has 0 aliphatic heterocycles. The Morgan fingerprint density at radius 3 is 2.23 bits per heavy atom. The van der Waals surface area contributed by atoms with Gasteiger partial charge in [-0.2, -0.15) is 13.2 Å². The number of rotatable bonds is 4. The predicted molar refractivity (Wildman–Crippen MR) is 47.1 cm³/mol. The highest BCUT2D eigenvalue weighted by Crippen LogP contribution is 2.32. The Morgan fingerprint density at radius 1 is 1.23 bits per heavy atom. The van der Waals surface area contributed by atoms with Crippen LogP contribution in [0.2, 0.25) is 0 Å². The standard InChI is InChI=1S/C10H15F3/c1-3-5-6-8-9(7-4-2)10(11,12)13/h9H,4,6-8H2,1-2H3. The van der Waals surface area contributed by atoms with Crippen molar-refractivity contribution in [2.24, 2.45) is 5.92 Å². The number of halogens is 3. The second-order valence-electron chi connectivity index (χ2n) is 2.99. The van der Waals surface area contributed by atoms with E-state index in [4.69, 9.17) is 0 Å². The molecule has 1 atom stereocenters. The van der Waals surface area contributed by atoms with Gasteiger partial charge in [0.15, 0.2) is 0 Å². The van der Waals surface area contributed by atoms with Crippen molar-refractivity contribution in [1.82, 2.24) is 0 Å². The van der Waals surface area contributed by atoms with E-state index in [0.29, 0.717) is 12.8 Å². The molecule has 0 radical (unpaired) electrons. The highest BCUT2D eigenvalue weighted by atomic mass is 19.4. The maximum Gasteiger partial charge on any atom is 0.391 e. The molecule has 0 aromatic carbocycles. The molecule has 1 unspecified atom stereocenters. The SMILES string of the molecule is CC#CCCC(CCC)C(F)(F)F. The lowest BCUT2D eigenvalue weighted by molar-refractivity contribution is -0.177. The molecule has 0 amide bonds. The van der Waals surface area contributed by atoms with Crippen molar-refractivity contribution in [2.45, 2.75) is 45.7 Å². The van der Waals surface area contributed by atoms with E-state index >= 15 is 0 Å². The van der Waals surface area contributed by atoms with Gasteiger partial charge in [0.25, 0.3) is 0 Å². The van der Waals surface area contributed by atoms with E-state index in [2.05, 4.69) is 11.8 Å². The largest absolute Gasteiger partial charge is 0.391 e. The molecule has 0 fully saturated rings. The lowest BCUT2D eigenvalue weighted by atomic mass is 9.97. The summed E-state index contributed by atoms with van der Waals surface area (Å²) in [4.78, 5) is 0. The van der Waals surface area contributed by atoms with Crippen LogP contribution in [-0.2, 0) is 0 Å². The van der Waals surface area contributed by atoms with Crippen LogP contribution in [0.5, 0.6) is 0 Å². The van der Waals surface area contributed by atoms with Crippen molar-refractivity contribution in [3.63, 3.8) is 0 Å². The summed E-state index contributed by atoms with van der Waals surface area (Å²) in [6.45, 7) is 3.41. The molecular weight excluding hydrogens is 177 g/mol.